The molecular weight excluding hydrogens is 323 g/mol. The van der Waals surface area contributed by atoms with Crippen LogP contribution in [0.3, 0.4) is 0 Å². The van der Waals surface area contributed by atoms with Crippen molar-refractivity contribution in [2.24, 2.45) is 0 Å². The third kappa shape index (κ3) is 4.28. The summed E-state index contributed by atoms with van der Waals surface area (Å²) >= 11 is 0. The van der Waals surface area contributed by atoms with Gasteiger partial charge in [0.25, 0.3) is 0 Å². The lowest BCUT2D eigenvalue weighted by molar-refractivity contribution is -0.118. The number of rotatable bonds is 7. The SMILES string of the molecule is CNCCCC(=O)N(Cc1ccc2c(c1)OCO2)c1ccc(F)cc1. The lowest BCUT2D eigenvalue weighted by Crippen LogP contribution is -2.30. The molecule has 1 amide bonds. The molecule has 2 aromatic carbocycles. The number of benzene rings is 2. The maximum atomic E-state index is 13.2. The number of nitrogens with zero attached hydrogens (tertiary/aromatic N) is 1. The van der Waals surface area contributed by atoms with Gasteiger partial charge in [-0.1, -0.05) is 6.07 Å². The number of carbonyl (C=O) groups excluding carboxylic acids is 1. The molecule has 3 rings (SSSR count). The van der Waals surface area contributed by atoms with Crippen LogP contribution in [0.25, 0.3) is 0 Å². The minimum atomic E-state index is -0.325. The summed E-state index contributed by atoms with van der Waals surface area (Å²) in [5.74, 6) is 1.06. The first-order valence-electron chi connectivity index (χ1n) is 8.26. The zero-order valence-electron chi connectivity index (χ0n) is 14.1. The molecule has 0 saturated heterocycles. The molecule has 132 valence electrons. The smallest absolute Gasteiger partial charge is 0.231 e. The van der Waals surface area contributed by atoms with Crippen LogP contribution in [0.15, 0.2) is 42.5 Å². The van der Waals surface area contributed by atoms with E-state index in [-0.39, 0.29) is 18.5 Å². The maximum Gasteiger partial charge on any atom is 0.231 e. The Balaban J connectivity index is 1.80. The standard InChI is InChI=1S/C19H21FN2O3/c1-21-10-2-3-19(23)22(16-7-5-15(20)6-8-16)12-14-4-9-17-18(11-14)25-13-24-17/h4-9,11,21H,2-3,10,12-13H2,1H3. The molecule has 0 bridgehead atoms. The average Bonchev–Trinajstić information content (AvgIpc) is 3.08. The maximum absolute atomic E-state index is 13.2. The molecule has 0 atom stereocenters. The molecule has 25 heavy (non-hydrogen) atoms. The van der Waals surface area contributed by atoms with E-state index in [2.05, 4.69) is 5.32 Å². The van der Waals surface area contributed by atoms with Gasteiger partial charge in [-0.05, 0) is 62.0 Å². The summed E-state index contributed by atoms with van der Waals surface area (Å²) in [6.45, 7) is 1.37. The van der Waals surface area contributed by atoms with Gasteiger partial charge < -0.3 is 19.7 Å². The molecule has 0 aliphatic carbocycles. The van der Waals surface area contributed by atoms with Crippen molar-refractivity contribution in [1.82, 2.24) is 5.32 Å². The topological polar surface area (TPSA) is 50.8 Å². The molecule has 0 aromatic heterocycles. The van der Waals surface area contributed by atoms with Gasteiger partial charge in [-0.15, -0.1) is 0 Å². The van der Waals surface area contributed by atoms with Crippen LogP contribution in [-0.4, -0.2) is 26.3 Å². The van der Waals surface area contributed by atoms with E-state index in [1.54, 1.807) is 17.0 Å². The molecule has 0 unspecified atom stereocenters. The molecule has 1 N–H and O–H groups in total. The number of hydrogen-bond acceptors (Lipinski definition) is 4. The minimum absolute atomic E-state index is 0.000440. The fraction of sp³-hybridized carbons (Fsp3) is 0.316. The van der Waals surface area contributed by atoms with Crippen LogP contribution in [-0.2, 0) is 11.3 Å². The number of halogens is 1. The first kappa shape index (κ1) is 17.2. The highest BCUT2D eigenvalue weighted by Gasteiger charge is 2.19. The van der Waals surface area contributed by atoms with Crippen LogP contribution in [0.5, 0.6) is 11.5 Å². The molecular formula is C19H21FN2O3. The molecule has 1 aliphatic heterocycles. The van der Waals surface area contributed by atoms with Crippen LogP contribution in [0, 0.1) is 5.82 Å². The predicted molar refractivity (Wildman–Crippen MR) is 93.3 cm³/mol. The van der Waals surface area contributed by atoms with Crippen molar-refractivity contribution < 1.29 is 18.7 Å². The number of fused-ring (bicyclic) bond motifs is 1. The Labute approximate surface area is 146 Å². The van der Waals surface area contributed by atoms with Gasteiger partial charge in [-0.25, -0.2) is 4.39 Å². The minimum Gasteiger partial charge on any atom is -0.454 e. The highest BCUT2D eigenvalue weighted by molar-refractivity contribution is 5.93. The van der Waals surface area contributed by atoms with Crippen LogP contribution >= 0.6 is 0 Å². The van der Waals surface area contributed by atoms with Crippen LogP contribution in [0.4, 0.5) is 10.1 Å². The average molecular weight is 344 g/mol. The number of ether oxygens (including phenoxy) is 2. The molecule has 0 fully saturated rings. The molecule has 1 heterocycles. The van der Waals surface area contributed by atoms with Gasteiger partial charge in [-0.3, -0.25) is 4.79 Å². The lowest BCUT2D eigenvalue weighted by Gasteiger charge is -2.23. The van der Waals surface area contributed by atoms with Gasteiger partial charge in [0, 0.05) is 12.1 Å². The third-order valence-electron chi connectivity index (χ3n) is 4.03. The second-order valence-electron chi connectivity index (χ2n) is 5.85. The highest BCUT2D eigenvalue weighted by Crippen LogP contribution is 2.33. The second-order valence-corrected chi connectivity index (χ2v) is 5.85. The lowest BCUT2D eigenvalue weighted by atomic mass is 10.1. The Morgan fingerprint density at radius 2 is 1.92 bits per heavy atom. The Morgan fingerprint density at radius 1 is 1.16 bits per heavy atom. The van der Waals surface area contributed by atoms with E-state index in [0.717, 1.165) is 18.5 Å². The summed E-state index contributed by atoms with van der Waals surface area (Å²) in [5.41, 5.74) is 1.60. The number of hydrogen-bond donors (Lipinski definition) is 1. The quantitative estimate of drug-likeness (QED) is 0.784. The fourth-order valence-corrected chi connectivity index (χ4v) is 2.72. The van der Waals surface area contributed by atoms with E-state index in [1.807, 2.05) is 25.2 Å². The predicted octanol–water partition coefficient (Wildman–Crippen LogP) is 3.09. The van der Waals surface area contributed by atoms with Gasteiger partial charge in [0.1, 0.15) is 5.82 Å². The van der Waals surface area contributed by atoms with E-state index >= 15 is 0 Å². The first-order chi connectivity index (χ1) is 12.2. The van der Waals surface area contributed by atoms with Crippen molar-refractivity contribution in [3.63, 3.8) is 0 Å². The number of carbonyl (C=O) groups is 1. The summed E-state index contributed by atoms with van der Waals surface area (Å²) in [4.78, 5) is 14.4. The molecule has 0 radical (unpaired) electrons. The van der Waals surface area contributed by atoms with Crippen molar-refractivity contribution in [3.8, 4) is 11.5 Å². The summed E-state index contributed by atoms with van der Waals surface area (Å²) in [6, 6.07) is 11.6. The molecule has 2 aromatic rings. The monoisotopic (exact) mass is 344 g/mol. The van der Waals surface area contributed by atoms with E-state index in [0.29, 0.717) is 30.2 Å². The zero-order chi connectivity index (χ0) is 17.6. The third-order valence-corrected chi connectivity index (χ3v) is 4.03. The fourth-order valence-electron chi connectivity index (χ4n) is 2.72. The van der Waals surface area contributed by atoms with E-state index < -0.39 is 0 Å². The van der Waals surface area contributed by atoms with Crippen molar-refractivity contribution in [2.75, 3.05) is 25.3 Å². The Hall–Kier alpha value is -2.60. The highest BCUT2D eigenvalue weighted by atomic mass is 19.1. The van der Waals surface area contributed by atoms with E-state index in [1.165, 1.54) is 12.1 Å². The Kier molecular flexibility index (Phi) is 5.50. The Bertz CT molecular complexity index is 734. The van der Waals surface area contributed by atoms with Crippen molar-refractivity contribution >= 4 is 11.6 Å². The largest absolute Gasteiger partial charge is 0.454 e. The molecule has 1 aliphatic rings. The zero-order valence-corrected chi connectivity index (χ0v) is 14.1. The van der Waals surface area contributed by atoms with Crippen molar-refractivity contribution in [1.29, 1.82) is 0 Å². The number of anilines is 1. The first-order valence-corrected chi connectivity index (χ1v) is 8.26. The molecule has 5 nitrogen and oxygen atoms in total. The van der Waals surface area contributed by atoms with Gasteiger partial charge >= 0.3 is 0 Å². The van der Waals surface area contributed by atoms with Gasteiger partial charge in [0.05, 0.1) is 6.54 Å². The molecule has 0 saturated carbocycles. The summed E-state index contributed by atoms with van der Waals surface area (Å²) < 4.78 is 24.0. The number of amides is 1. The van der Waals surface area contributed by atoms with Crippen molar-refractivity contribution in [2.45, 2.75) is 19.4 Å². The van der Waals surface area contributed by atoms with Crippen LogP contribution in [0.1, 0.15) is 18.4 Å². The summed E-state index contributed by atoms with van der Waals surface area (Å²) in [7, 11) is 1.86. The van der Waals surface area contributed by atoms with Gasteiger partial charge in [0.2, 0.25) is 12.7 Å². The van der Waals surface area contributed by atoms with Gasteiger partial charge in [-0.2, -0.15) is 0 Å². The van der Waals surface area contributed by atoms with Gasteiger partial charge in [0.15, 0.2) is 11.5 Å². The summed E-state index contributed by atoms with van der Waals surface area (Å²) in [5, 5.41) is 3.04. The second kappa shape index (κ2) is 7.98. The summed E-state index contributed by atoms with van der Waals surface area (Å²) in [6.07, 6.45) is 1.16. The van der Waals surface area contributed by atoms with Crippen molar-refractivity contribution in [3.05, 3.63) is 53.8 Å². The van der Waals surface area contributed by atoms with Crippen LogP contribution in [0.2, 0.25) is 0 Å². The van der Waals surface area contributed by atoms with E-state index in [9.17, 15) is 9.18 Å². The Morgan fingerprint density at radius 3 is 2.68 bits per heavy atom. The van der Waals surface area contributed by atoms with E-state index in [4.69, 9.17) is 9.47 Å². The van der Waals surface area contributed by atoms with Crippen LogP contribution < -0.4 is 19.7 Å². The normalized spacial score (nSPS) is 12.2. The molecule has 6 heteroatoms. The molecule has 0 spiro atoms. The number of nitrogens with one attached hydrogen (secondary N) is 1.